The Hall–Kier alpha value is -0.350. The highest BCUT2D eigenvalue weighted by molar-refractivity contribution is 9.12. The molecule has 1 aliphatic heterocycles. The topological polar surface area (TPSA) is 26.3 Å². The van der Waals surface area contributed by atoms with E-state index >= 15 is 0 Å². The molecule has 1 fully saturated rings. The van der Waals surface area contributed by atoms with Crippen molar-refractivity contribution in [2.75, 3.05) is 6.61 Å². The minimum Gasteiger partial charge on any atom is -0.465 e. The van der Waals surface area contributed by atoms with Gasteiger partial charge in [-0.2, -0.15) is 0 Å². The van der Waals surface area contributed by atoms with Gasteiger partial charge in [-0.15, -0.1) is 0 Å². The van der Waals surface area contributed by atoms with E-state index in [9.17, 15) is 4.79 Å². The van der Waals surface area contributed by atoms with Crippen LogP contribution in [0.3, 0.4) is 0 Å². The maximum Gasteiger partial charge on any atom is 0.324 e. The molecule has 80 valence electrons. The van der Waals surface area contributed by atoms with Gasteiger partial charge in [0.2, 0.25) is 0 Å². The Kier molecular flexibility index (Phi) is 3.16. The predicted molar refractivity (Wildman–Crippen MR) is 65.3 cm³/mol. The fourth-order valence-electron chi connectivity index (χ4n) is 1.63. The van der Waals surface area contributed by atoms with E-state index in [-0.39, 0.29) is 10.8 Å². The summed E-state index contributed by atoms with van der Waals surface area (Å²) in [4.78, 5) is 11.6. The summed E-state index contributed by atoms with van der Waals surface area (Å²) in [6.45, 7) is 0.485. The number of ether oxygens (including phenoxy) is 1. The van der Waals surface area contributed by atoms with Gasteiger partial charge in [0.15, 0.2) is 0 Å². The lowest BCUT2D eigenvalue weighted by atomic mass is 9.98. The summed E-state index contributed by atoms with van der Waals surface area (Å²) >= 11 is 7.05. The van der Waals surface area contributed by atoms with E-state index < -0.39 is 4.32 Å². The van der Waals surface area contributed by atoms with Crippen LogP contribution in [0.2, 0.25) is 0 Å². The van der Waals surface area contributed by atoms with Crippen molar-refractivity contribution in [2.24, 2.45) is 0 Å². The molecule has 1 aromatic rings. The van der Waals surface area contributed by atoms with Gasteiger partial charge in [-0.25, -0.2) is 0 Å². The number of benzene rings is 1. The molecule has 1 aromatic carbocycles. The first-order valence-electron chi connectivity index (χ1n) is 4.70. The fraction of sp³-hybridized carbons (Fsp3) is 0.364. The zero-order valence-electron chi connectivity index (χ0n) is 7.95. The molecule has 0 aliphatic carbocycles. The van der Waals surface area contributed by atoms with Gasteiger partial charge in [0.25, 0.3) is 0 Å². The Balaban J connectivity index is 2.28. The number of alkyl halides is 2. The van der Waals surface area contributed by atoms with Gasteiger partial charge < -0.3 is 4.74 Å². The van der Waals surface area contributed by atoms with Gasteiger partial charge in [0.05, 0.1) is 11.4 Å². The smallest absolute Gasteiger partial charge is 0.324 e. The van der Waals surface area contributed by atoms with Gasteiger partial charge >= 0.3 is 5.97 Å². The van der Waals surface area contributed by atoms with Gasteiger partial charge in [-0.1, -0.05) is 62.2 Å². The summed E-state index contributed by atoms with van der Waals surface area (Å²) < 4.78 is 4.38. The number of hydrogen-bond acceptors (Lipinski definition) is 2. The van der Waals surface area contributed by atoms with Crippen LogP contribution in [-0.2, 0) is 9.53 Å². The molecule has 0 saturated carbocycles. The number of hydrogen-bond donors (Lipinski definition) is 0. The summed E-state index contributed by atoms with van der Waals surface area (Å²) in [5.74, 6) is -0.187. The lowest BCUT2D eigenvalue weighted by Crippen LogP contribution is -2.31. The van der Waals surface area contributed by atoms with E-state index in [1.807, 2.05) is 30.3 Å². The molecule has 2 atom stereocenters. The van der Waals surface area contributed by atoms with Crippen LogP contribution in [0, 0.1) is 0 Å². The first kappa shape index (κ1) is 11.1. The summed E-state index contributed by atoms with van der Waals surface area (Å²) in [6.07, 6.45) is 0.691. The van der Waals surface area contributed by atoms with Crippen LogP contribution in [0.15, 0.2) is 30.3 Å². The third-order valence-corrected chi connectivity index (χ3v) is 5.64. The van der Waals surface area contributed by atoms with Crippen molar-refractivity contribution in [3.8, 4) is 0 Å². The summed E-state index contributed by atoms with van der Waals surface area (Å²) in [5.41, 5.74) is 1.08. The number of carbonyl (C=O) groups excluding carboxylic acids is 1. The van der Waals surface area contributed by atoms with Crippen LogP contribution in [0.1, 0.15) is 16.8 Å². The SMILES string of the molecule is O=C1OCC[C@]1(Br)[C@@H](Br)c1ccccc1. The molecule has 0 radical (unpaired) electrons. The van der Waals surface area contributed by atoms with Crippen LogP contribution in [-0.4, -0.2) is 16.9 Å². The molecule has 1 saturated heterocycles. The average molecular weight is 334 g/mol. The number of esters is 1. The van der Waals surface area contributed by atoms with Crippen LogP contribution in [0.5, 0.6) is 0 Å². The standard InChI is InChI=1S/C11H10Br2O2/c12-9(8-4-2-1-3-5-8)11(13)6-7-15-10(11)14/h1-5,9H,6-7H2/t9-,11-/m0/s1. The number of halogens is 2. The number of rotatable bonds is 2. The highest BCUT2D eigenvalue weighted by Crippen LogP contribution is 2.46. The quantitative estimate of drug-likeness (QED) is 0.613. The van der Waals surface area contributed by atoms with Gasteiger partial charge in [-0.05, 0) is 5.56 Å². The minimum absolute atomic E-state index is 0.0544. The van der Waals surface area contributed by atoms with E-state index in [0.717, 1.165) is 5.56 Å². The van der Waals surface area contributed by atoms with E-state index in [1.165, 1.54) is 0 Å². The number of cyclic esters (lactones) is 1. The molecular weight excluding hydrogens is 324 g/mol. The minimum atomic E-state index is -0.617. The molecule has 15 heavy (non-hydrogen) atoms. The van der Waals surface area contributed by atoms with E-state index in [1.54, 1.807) is 0 Å². The molecule has 2 rings (SSSR count). The van der Waals surface area contributed by atoms with Crippen LogP contribution < -0.4 is 0 Å². The Morgan fingerprint density at radius 3 is 2.53 bits per heavy atom. The van der Waals surface area contributed by atoms with Crippen molar-refractivity contribution in [3.05, 3.63) is 35.9 Å². The largest absolute Gasteiger partial charge is 0.465 e. The predicted octanol–water partition coefficient (Wildman–Crippen LogP) is 3.20. The maximum absolute atomic E-state index is 11.6. The molecule has 1 aliphatic rings. The monoisotopic (exact) mass is 332 g/mol. The first-order chi connectivity index (χ1) is 7.14. The molecule has 4 heteroatoms. The van der Waals surface area contributed by atoms with Crippen molar-refractivity contribution in [1.29, 1.82) is 0 Å². The van der Waals surface area contributed by atoms with Gasteiger partial charge in [-0.3, -0.25) is 4.79 Å². The van der Waals surface area contributed by atoms with E-state index in [2.05, 4.69) is 31.9 Å². The highest BCUT2D eigenvalue weighted by Gasteiger charge is 2.48. The molecule has 0 amide bonds. The van der Waals surface area contributed by atoms with Crippen molar-refractivity contribution in [3.63, 3.8) is 0 Å². The maximum atomic E-state index is 11.6. The summed E-state index contributed by atoms with van der Waals surface area (Å²) in [7, 11) is 0. The summed E-state index contributed by atoms with van der Waals surface area (Å²) in [6, 6.07) is 9.86. The lowest BCUT2D eigenvalue weighted by Gasteiger charge is -2.23. The molecule has 0 aromatic heterocycles. The van der Waals surface area contributed by atoms with Crippen molar-refractivity contribution in [2.45, 2.75) is 15.6 Å². The van der Waals surface area contributed by atoms with Crippen molar-refractivity contribution in [1.82, 2.24) is 0 Å². The Morgan fingerprint density at radius 2 is 2.00 bits per heavy atom. The number of carbonyl (C=O) groups is 1. The molecule has 1 heterocycles. The van der Waals surface area contributed by atoms with Crippen molar-refractivity contribution < 1.29 is 9.53 Å². The Labute approximate surface area is 105 Å². The lowest BCUT2D eigenvalue weighted by molar-refractivity contribution is -0.139. The molecule has 0 N–H and O–H groups in total. The van der Waals surface area contributed by atoms with Gasteiger partial charge in [0.1, 0.15) is 4.32 Å². The highest BCUT2D eigenvalue weighted by atomic mass is 79.9. The molecular formula is C11H10Br2O2. The average Bonchev–Trinajstić information content (AvgIpc) is 2.61. The molecule has 0 spiro atoms. The van der Waals surface area contributed by atoms with E-state index in [4.69, 9.17) is 4.74 Å². The zero-order valence-corrected chi connectivity index (χ0v) is 11.1. The van der Waals surface area contributed by atoms with Crippen LogP contribution in [0.4, 0.5) is 0 Å². The second-order valence-corrected chi connectivity index (χ2v) is 5.85. The fourth-order valence-corrected chi connectivity index (χ4v) is 2.89. The Bertz CT molecular complexity index is 366. The first-order valence-corrected chi connectivity index (χ1v) is 6.40. The van der Waals surface area contributed by atoms with Crippen LogP contribution >= 0.6 is 31.9 Å². The zero-order chi connectivity index (χ0) is 10.9. The third-order valence-electron chi connectivity index (χ3n) is 2.53. The second kappa shape index (κ2) is 4.26. The Morgan fingerprint density at radius 1 is 1.33 bits per heavy atom. The molecule has 0 bridgehead atoms. The van der Waals surface area contributed by atoms with Gasteiger partial charge in [0, 0.05) is 6.42 Å². The summed E-state index contributed by atoms with van der Waals surface area (Å²) in [5, 5.41) is 0. The van der Waals surface area contributed by atoms with Crippen molar-refractivity contribution >= 4 is 37.8 Å². The van der Waals surface area contributed by atoms with E-state index in [0.29, 0.717) is 13.0 Å². The second-order valence-electron chi connectivity index (χ2n) is 3.52. The molecule has 2 nitrogen and oxygen atoms in total. The molecule has 0 unspecified atom stereocenters. The normalized spacial score (nSPS) is 27.5. The third kappa shape index (κ3) is 1.97. The van der Waals surface area contributed by atoms with Crippen LogP contribution in [0.25, 0.3) is 0 Å².